The summed E-state index contributed by atoms with van der Waals surface area (Å²) in [6.45, 7) is 0.169. The highest BCUT2D eigenvalue weighted by molar-refractivity contribution is 7.17. The number of nitrogens with zero attached hydrogens (tertiary/aromatic N) is 5. The van der Waals surface area contributed by atoms with E-state index in [9.17, 15) is 18.8 Å². The van der Waals surface area contributed by atoms with Crippen molar-refractivity contribution >= 4 is 51.7 Å². The third kappa shape index (κ3) is 5.80. The number of anilines is 2. The molecule has 0 atom stereocenters. The molecular formula is C29H22FN7O3S. The smallest absolute Gasteiger partial charge is 0.268 e. The minimum absolute atomic E-state index is 0.0143. The molecule has 5 rings (SSSR count). The first kappa shape index (κ1) is 27.2. The molecule has 3 amide bonds. The van der Waals surface area contributed by atoms with Crippen LogP contribution in [-0.4, -0.2) is 39.3 Å². The first-order chi connectivity index (χ1) is 19.7. The zero-order valence-electron chi connectivity index (χ0n) is 21.7. The van der Waals surface area contributed by atoms with E-state index in [1.165, 1.54) is 34.6 Å². The highest BCUT2D eigenvalue weighted by Gasteiger charge is 2.20. The second-order valence-corrected chi connectivity index (χ2v) is 10.1. The zero-order valence-corrected chi connectivity index (χ0v) is 22.5. The number of carbonyl (C=O) groups excluding carboxylic acids is 3. The predicted octanol–water partition coefficient (Wildman–Crippen LogP) is 4.57. The van der Waals surface area contributed by atoms with Crippen LogP contribution in [0.1, 0.15) is 32.0 Å². The fourth-order valence-electron chi connectivity index (χ4n) is 4.24. The number of rotatable bonds is 8. The number of thiophene rings is 1. The maximum absolute atomic E-state index is 13.6. The predicted molar refractivity (Wildman–Crippen MR) is 153 cm³/mol. The maximum Gasteiger partial charge on any atom is 0.268 e. The fourth-order valence-corrected chi connectivity index (χ4v) is 5.13. The number of imidazole rings is 1. The Labute approximate surface area is 237 Å². The van der Waals surface area contributed by atoms with Crippen molar-refractivity contribution in [3.8, 4) is 16.5 Å². The number of benzene rings is 2. The molecule has 41 heavy (non-hydrogen) atoms. The van der Waals surface area contributed by atoms with E-state index in [1.807, 2.05) is 6.07 Å². The van der Waals surface area contributed by atoms with Gasteiger partial charge in [-0.2, -0.15) is 9.65 Å². The molecule has 204 valence electrons. The van der Waals surface area contributed by atoms with E-state index in [0.717, 1.165) is 0 Å². The molecule has 0 fully saturated rings. The second kappa shape index (κ2) is 11.4. The minimum Gasteiger partial charge on any atom is -0.370 e. The van der Waals surface area contributed by atoms with Gasteiger partial charge in [0.25, 0.3) is 11.8 Å². The van der Waals surface area contributed by atoms with Crippen molar-refractivity contribution in [3.63, 3.8) is 0 Å². The molecule has 0 saturated carbocycles. The van der Waals surface area contributed by atoms with Crippen LogP contribution < -0.4 is 16.0 Å². The van der Waals surface area contributed by atoms with Crippen LogP contribution in [-0.2, 0) is 11.3 Å². The summed E-state index contributed by atoms with van der Waals surface area (Å²) < 4.78 is 15.2. The quantitative estimate of drug-likeness (QED) is 0.263. The van der Waals surface area contributed by atoms with Crippen LogP contribution in [0, 0.1) is 17.3 Å². The Bertz CT molecular complexity index is 1860. The molecule has 0 bridgehead atoms. The summed E-state index contributed by atoms with van der Waals surface area (Å²) in [7, 11) is 1.61. The molecule has 5 aromatic rings. The van der Waals surface area contributed by atoms with E-state index in [4.69, 9.17) is 11.0 Å². The third-order valence-corrected chi connectivity index (χ3v) is 7.44. The summed E-state index contributed by atoms with van der Waals surface area (Å²) in [6.07, 6.45) is 1.37. The summed E-state index contributed by atoms with van der Waals surface area (Å²) in [5, 5.41) is 12.0. The molecule has 0 spiro atoms. The van der Waals surface area contributed by atoms with Crippen molar-refractivity contribution in [1.29, 1.82) is 5.26 Å². The number of aryl methyl sites for hydroxylation is 1. The average molecular weight is 568 g/mol. The number of nitrogens with two attached hydrogens (primary N) is 1. The Balaban J connectivity index is 1.44. The first-order valence-electron chi connectivity index (χ1n) is 12.3. The van der Waals surface area contributed by atoms with Crippen LogP contribution in [0.25, 0.3) is 21.5 Å². The van der Waals surface area contributed by atoms with E-state index in [0.29, 0.717) is 43.2 Å². The standard InChI is InChI=1S/C29H22FN7O3S/c1-36(28(40)19-4-2-3-17(13-19)16-31)20-5-6-22-21(15-20)34-29(37(22)12-10-26(32)38)35-27(39)24-8-7-23(41-24)18-9-11-33-25(30)14-18/h2-9,11,13-15H,10,12H2,1H3,(H2,32,38)(H,34,35,39). The van der Waals surface area contributed by atoms with Gasteiger partial charge in [0.15, 0.2) is 0 Å². The van der Waals surface area contributed by atoms with Gasteiger partial charge in [0.05, 0.1) is 27.5 Å². The van der Waals surface area contributed by atoms with Crippen LogP contribution in [0.4, 0.5) is 16.0 Å². The summed E-state index contributed by atoms with van der Waals surface area (Å²) in [5.41, 5.74) is 8.35. The van der Waals surface area contributed by atoms with E-state index < -0.39 is 17.8 Å². The normalized spacial score (nSPS) is 10.8. The number of nitriles is 1. The maximum atomic E-state index is 13.6. The van der Waals surface area contributed by atoms with Gasteiger partial charge in [-0.3, -0.25) is 19.7 Å². The Morgan fingerprint density at radius 1 is 1.12 bits per heavy atom. The number of hydrogen-bond acceptors (Lipinski definition) is 7. The van der Waals surface area contributed by atoms with Crippen LogP contribution >= 0.6 is 11.3 Å². The van der Waals surface area contributed by atoms with Crippen molar-refractivity contribution in [2.75, 3.05) is 17.3 Å². The summed E-state index contributed by atoms with van der Waals surface area (Å²) in [4.78, 5) is 48.4. The topological polar surface area (TPSA) is 147 Å². The average Bonchev–Trinajstić information content (AvgIpc) is 3.60. The van der Waals surface area contributed by atoms with Gasteiger partial charge in [-0.05, 0) is 60.2 Å². The Morgan fingerprint density at radius 2 is 1.95 bits per heavy atom. The van der Waals surface area contributed by atoms with E-state index in [-0.39, 0.29) is 24.8 Å². The molecule has 0 saturated heterocycles. The van der Waals surface area contributed by atoms with Crippen molar-refractivity contribution in [1.82, 2.24) is 14.5 Å². The van der Waals surface area contributed by atoms with Gasteiger partial charge in [0.1, 0.15) is 0 Å². The molecule has 3 aromatic heterocycles. The van der Waals surface area contributed by atoms with Crippen molar-refractivity contribution in [3.05, 3.63) is 94.9 Å². The van der Waals surface area contributed by atoms with Crippen molar-refractivity contribution in [2.45, 2.75) is 13.0 Å². The van der Waals surface area contributed by atoms with Gasteiger partial charge in [-0.15, -0.1) is 11.3 Å². The molecular weight excluding hydrogens is 545 g/mol. The Kier molecular flexibility index (Phi) is 7.53. The SMILES string of the molecule is CN(C(=O)c1cccc(C#N)c1)c1ccc2c(c1)nc(NC(=O)c1ccc(-c3ccnc(F)c3)s1)n2CCC(N)=O. The third-order valence-electron chi connectivity index (χ3n) is 6.31. The lowest BCUT2D eigenvalue weighted by atomic mass is 10.1. The number of carbonyl (C=O) groups is 3. The number of aromatic nitrogens is 3. The summed E-state index contributed by atoms with van der Waals surface area (Å²) in [6, 6.07) is 19.9. The van der Waals surface area contributed by atoms with E-state index in [1.54, 1.807) is 66.2 Å². The van der Waals surface area contributed by atoms with E-state index >= 15 is 0 Å². The number of primary amides is 1. The van der Waals surface area contributed by atoms with Crippen LogP contribution in [0.2, 0.25) is 0 Å². The molecule has 0 aliphatic heterocycles. The van der Waals surface area contributed by atoms with Crippen molar-refractivity contribution < 1.29 is 18.8 Å². The van der Waals surface area contributed by atoms with Crippen LogP contribution in [0.15, 0.2) is 72.9 Å². The fraction of sp³-hybridized carbons (Fsp3) is 0.103. The van der Waals surface area contributed by atoms with Gasteiger partial charge in [0.2, 0.25) is 17.8 Å². The largest absolute Gasteiger partial charge is 0.370 e. The molecule has 0 aliphatic carbocycles. The summed E-state index contributed by atoms with van der Waals surface area (Å²) in [5.74, 6) is -1.68. The monoisotopic (exact) mass is 567 g/mol. The number of pyridine rings is 1. The van der Waals surface area contributed by atoms with Gasteiger partial charge >= 0.3 is 0 Å². The van der Waals surface area contributed by atoms with Crippen LogP contribution in [0.3, 0.4) is 0 Å². The molecule has 12 heteroatoms. The van der Waals surface area contributed by atoms with Gasteiger partial charge in [-0.25, -0.2) is 9.97 Å². The van der Waals surface area contributed by atoms with Gasteiger partial charge < -0.3 is 15.2 Å². The number of amides is 3. The molecule has 2 aromatic carbocycles. The molecule has 10 nitrogen and oxygen atoms in total. The molecule has 0 radical (unpaired) electrons. The zero-order chi connectivity index (χ0) is 29.1. The van der Waals surface area contributed by atoms with E-state index in [2.05, 4.69) is 15.3 Å². The highest BCUT2D eigenvalue weighted by Crippen LogP contribution is 2.30. The number of nitrogens with one attached hydrogen (secondary N) is 1. The van der Waals surface area contributed by atoms with Gasteiger partial charge in [-0.1, -0.05) is 6.07 Å². The lowest BCUT2D eigenvalue weighted by Gasteiger charge is -2.17. The minimum atomic E-state index is -0.618. The Hall–Kier alpha value is -5.41. The highest BCUT2D eigenvalue weighted by atomic mass is 32.1. The summed E-state index contributed by atoms with van der Waals surface area (Å²) >= 11 is 1.18. The molecule has 3 heterocycles. The van der Waals surface area contributed by atoms with Crippen LogP contribution in [0.5, 0.6) is 0 Å². The Morgan fingerprint density at radius 3 is 2.71 bits per heavy atom. The lowest BCUT2D eigenvalue weighted by Crippen LogP contribution is -2.26. The van der Waals surface area contributed by atoms with Crippen molar-refractivity contribution in [2.24, 2.45) is 5.73 Å². The number of hydrogen-bond donors (Lipinski definition) is 2. The number of fused-ring (bicyclic) bond motifs is 1. The molecule has 0 aliphatic rings. The van der Waals surface area contributed by atoms with Gasteiger partial charge in [0, 0.05) is 48.4 Å². The molecule has 3 N–H and O–H groups in total. The molecule has 0 unspecified atom stereocenters. The number of halogens is 1. The lowest BCUT2D eigenvalue weighted by molar-refractivity contribution is -0.118. The first-order valence-corrected chi connectivity index (χ1v) is 13.1. The second-order valence-electron chi connectivity index (χ2n) is 9.02.